The van der Waals surface area contributed by atoms with Crippen LogP contribution >= 0.6 is 0 Å². The summed E-state index contributed by atoms with van der Waals surface area (Å²) in [5.41, 5.74) is 2.15. The topological polar surface area (TPSA) is 79.9 Å². The third-order valence-electron chi connectivity index (χ3n) is 4.53. The molecule has 0 aliphatic rings. The molecule has 1 N–H and O–H groups in total. The van der Waals surface area contributed by atoms with Crippen LogP contribution in [0.5, 0.6) is 0 Å². The second kappa shape index (κ2) is 7.05. The van der Waals surface area contributed by atoms with Gasteiger partial charge in [0.05, 0.1) is 5.92 Å². The van der Waals surface area contributed by atoms with E-state index < -0.39 is 17.9 Å². The Morgan fingerprint density at radius 2 is 1.80 bits per heavy atom. The van der Waals surface area contributed by atoms with E-state index in [2.05, 4.69) is 5.18 Å². The molecule has 5 heteroatoms. The van der Waals surface area contributed by atoms with Crippen molar-refractivity contribution in [3.63, 3.8) is 0 Å². The van der Waals surface area contributed by atoms with Gasteiger partial charge in [-0.3, -0.25) is 4.79 Å². The number of carbonyl (C=O) groups is 1. The molecule has 2 atom stereocenters. The largest absolute Gasteiger partial charge is 0.481 e. The van der Waals surface area contributed by atoms with Gasteiger partial charge in [-0.1, -0.05) is 49.4 Å². The summed E-state index contributed by atoms with van der Waals surface area (Å²) in [4.78, 5) is 23.2. The van der Waals surface area contributed by atoms with Crippen molar-refractivity contribution in [1.29, 1.82) is 0 Å². The number of furan rings is 1. The fraction of sp³-hybridized carbons (Fsp3) is 0.350. The van der Waals surface area contributed by atoms with Gasteiger partial charge in [0.1, 0.15) is 17.2 Å². The monoisotopic (exact) mass is 339 g/mol. The van der Waals surface area contributed by atoms with E-state index in [0.29, 0.717) is 12.0 Å². The molecule has 0 saturated carbocycles. The lowest BCUT2D eigenvalue weighted by molar-refractivity contribution is -0.142. The minimum absolute atomic E-state index is 0.190. The van der Waals surface area contributed by atoms with Gasteiger partial charge in [-0.2, -0.15) is 4.91 Å². The zero-order valence-electron chi connectivity index (χ0n) is 14.3. The molecule has 2 aromatic carbocycles. The second-order valence-electron chi connectivity index (χ2n) is 6.84. The quantitative estimate of drug-likeness (QED) is 0.574. The Balaban J connectivity index is 2.06. The lowest BCUT2D eigenvalue weighted by Crippen LogP contribution is -2.18. The molecule has 1 aromatic heterocycles. The van der Waals surface area contributed by atoms with Crippen LogP contribution in [-0.2, 0) is 4.79 Å². The zero-order chi connectivity index (χ0) is 18.0. The van der Waals surface area contributed by atoms with Crippen LogP contribution in [-0.4, -0.2) is 11.1 Å². The van der Waals surface area contributed by atoms with E-state index in [9.17, 15) is 14.8 Å². The molecule has 0 amide bonds. The highest BCUT2D eigenvalue weighted by atomic mass is 16.4. The SMILES string of the molecule is CC(C)CC(CC(N=O)c1cccc2oc3ccccc3c12)C(=O)O. The molecule has 3 aromatic rings. The number of carboxylic acids is 1. The Bertz CT molecular complexity index is 912. The number of para-hydroxylation sites is 1. The van der Waals surface area contributed by atoms with Crippen LogP contribution in [0.3, 0.4) is 0 Å². The predicted molar refractivity (Wildman–Crippen MR) is 97.5 cm³/mol. The lowest BCUT2D eigenvalue weighted by atomic mass is 9.87. The summed E-state index contributed by atoms with van der Waals surface area (Å²) in [6.45, 7) is 3.95. The van der Waals surface area contributed by atoms with Crippen molar-refractivity contribution in [3.05, 3.63) is 52.9 Å². The first-order chi connectivity index (χ1) is 12.0. The van der Waals surface area contributed by atoms with Crippen molar-refractivity contribution in [2.24, 2.45) is 17.0 Å². The van der Waals surface area contributed by atoms with E-state index >= 15 is 0 Å². The molecular formula is C20H21NO4. The van der Waals surface area contributed by atoms with Crippen molar-refractivity contribution >= 4 is 27.9 Å². The molecule has 0 fully saturated rings. The van der Waals surface area contributed by atoms with Crippen LogP contribution in [0, 0.1) is 16.7 Å². The summed E-state index contributed by atoms with van der Waals surface area (Å²) < 4.78 is 5.84. The molecule has 2 unspecified atom stereocenters. The van der Waals surface area contributed by atoms with Crippen molar-refractivity contribution in [3.8, 4) is 0 Å². The Kier molecular flexibility index (Phi) is 4.83. The minimum Gasteiger partial charge on any atom is -0.481 e. The van der Waals surface area contributed by atoms with Crippen LogP contribution in [0.25, 0.3) is 21.9 Å². The summed E-state index contributed by atoms with van der Waals surface area (Å²) in [5, 5.41) is 14.5. The maximum atomic E-state index is 11.6. The highest BCUT2D eigenvalue weighted by Crippen LogP contribution is 2.38. The smallest absolute Gasteiger partial charge is 0.306 e. The third kappa shape index (κ3) is 3.40. The molecule has 0 aliphatic heterocycles. The van der Waals surface area contributed by atoms with Crippen molar-refractivity contribution in [1.82, 2.24) is 0 Å². The third-order valence-corrected chi connectivity index (χ3v) is 4.53. The fourth-order valence-corrected chi connectivity index (χ4v) is 3.44. The average Bonchev–Trinajstić information content (AvgIpc) is 2.96. The van der Waals surface area contributed by atoms with E-state index in [1.807, 2.05) is 56.3 Å². The fourth-order valence-electron chi connectivity index (χ4n) is 3.44. The number of hydrogen-bond acceptors (Lipinski definition) is 4. The summed E-state index contributed by atoms with van der Waals surface area (Å²) in [6.07, 6.45) is 0.707. The number of benzene rings is 2. The molecule has 0 spiro atoms. The molecule has 0 bridgehead atoms. The number of carboxylic acid groups (broad SMARTS) is 1. The Morgan fingerprint density at radius 1 is 1.08 bits per heavy atom. The average molecular weight is 339 g/mol. The summed E-state index contributed by atoms with van der Waals surface area (Å²) in [5.74, 6) is -1.25. The highest BCUT2D eigenvalue weighted by molar-refractivity contribution is 6.06. The van der Waals surface area contributed by atoms with Gasteiger partial charge in [-0.25, -0.2) is 0 Å². The van der Waals surface area contributed by atoms with Gasteiger partial charge < -0.3 is 9.52 Å². The Labute approximate surface area is 145 Å². The molecule has 25 heavy (non-hydrogen) atoms. The molecule has 0 radical (unpaired) electrons. The van der Waals surface area contributed by atoms with E-state index in [-0.39, 0.29) is 12.3 Å². The summed E-state index contributed by atoms with van der Waals surface area (Å²) in [6, 6.07) is 12.4. The number of fused-ring (bicyclic) bond motifs is 3. The first-order valence-corrected chi connectivity index (χ1v) is 8.46. The second-order valence-corrected chi connectivity index (χ2v) is 6.84. The summed E-state index contributed by atoms with van der Waals surface area (Å²) in [7, 11) is 0. The Morgan fingerprint density at radius 3 is 2.48 bits per heavy atom. The highest BCUT2D eigenvalue weighted by Gasteiger charge is 2.27. The van der Waals surface area contributed by atoms with Crippen LogP contribution in [0.2, 0.25) is 0 Å². The van der Waals surface area contributed by atoms with Gasteiger partial charge in [-0.05, 0) is 36.5 Å². The van der Waals surface area contributed by atoms with Crippen LogP contribution < -0.4 is 0 Å². The molecule has 130 valence electrons. The number of nitroso groups, excluding NO2 is 1. The molecule has 0 aliphatic carbocycles. The van der Waals surface area contributed by atoms with Crippen LogP contribution in [0.1, 0.15) is 38.3 Å². The van der Waals surface area contributed by atoms with Gasteiger partial charge in [0.15, 0.2) is 0 Å². The molecule has 3 rings (SSSR count). The van der Waals surface area contributed by atoms with Crippen molar-refractivity contribution < 1.29 is 14.3 Å². The molecular weight excluding hydrogens is 318 g/mol. The predicted octanol–water partition coefficient (Wildman–Crippen LogP) is 5.53. The number of aliphatic carboxylic acids is 1. The molecule has 5 nitrogen and oxygen atoms in total. The van der Waals surface area contributed by atoms with E-state index in [0.717, 1.165) is 21.9 Å². The zero-order valence-corrected chi connectivity index (χ0v) is 14.3. The van der Waals surface area contributed by atoms with Crippen LogP contribution in [0.4, 0.5) is 0 Å². The number of rotatable bonds is 7. The van der Waals surface area contributed by atoms with Crippen molar-refractivity contribution in [2.45, 2.75) is 32.7 Å². The van der Waals surface area contributed by atoms with Gasteiger partial charge in [-0.15, -0.1) is 0 Å². The van der Waals surface area contributed by atoms with Crippen molar-refractivity contribution in [2.75, 3.05) is 0 Å². The minimum atomic E-state index is -0.883. The first-order valence-electron chi connectivity index (χ1n) is 8.46. The normalized spacial score (nSPS) is 14.0. The van der Waals surface area contributed by atoms with Gasteiger partial charge in [0, 0.05) is 10.8 Å². The standard InChI is InChI=1S/C20H21NO4/c1-12(2)10-13(20(22)23)11-16(21-24)14-7-5-9-18-19(14)15-6-3-4-8-17(15)25-18/h3-9,12-13,16H,10-11H2,1-2H3,(H,22,23). The lowest BCUT2D eigenvalue weighted by Gasteiger charge is -2.18. The summed E-state index contributed by atoms with van der Waals surface area (Å²) >= 11 is 0. The maximum absolute atomic E-state index is 11.6. The van der Waals surface area contributed by atoms with E-state index in [1.165, 1.54) is 0 Å². The number of nitrogens with zero attached hydrogens (tertiary/aromatic N) is 1. The van der Waals surface area contributed by atoms with E-state index in [4.69, 9.17) is 4.42 Å². The van der Waals surface area contributed by atoms with E-state index in [1.54, 1.807) is 0 Å². The van der Waals surface area contributed by atoms with Gasteiger partial charge in [0.25, 0.3) is 0 Å². The molecule has 1 heterocycles. The number of hydrogen-bond donors (Lipinski definition) is 1. The molecule has 0 saturated heterocycles. The maximum Gasteiger partial charge on any atom is 0.306 e. The first kappa shape index (κ1) is 17.1. The van der Waals surface area contributed by atoms with Gasteiger partial charge in [0.2, 0.25) is 0 Å². The Hall–Kier alpha value is -2.69. The van der Waals surface area contributed by atoms with Crippen LogP contribution in [0.15, 0.2) is 52.1 Å². The van der Waals surface area contributed by atoms with Gasteiger partial charge >= 0.3 is 5.97 Å².